The second-order valence-corrected chi connectivity index (χ2v) is 7.88. The van der Waals surface area contributed by atoms with E-state index < -0.39 is 26.7 Å². The Kier molecular flexibility index (Phi) is 5.44. The topological polar surface area (TPSA) is 106 Å². The van der Waals surface area contributed by atoms with Gasteiger partial charge in [0.25, 0.3) is 11.6 Å². The van der Waals surface area contributed by atoms with E-state index in [1.54, 1.807) is 19.1 Å². The van der Waals surface area contributed by atoms with Gasteiger partial charge in [-0.3, -0.25) is 14.9 Å². The van der Waals surface area contributed by atoms with Crippen LogP contribution in [0.3, 0.4) is 0 Å². The Morgan fingerprint density at radius 3 is 2.28 bits per heavy atom. The highest BCUT2D eigenvalue weighted by molar-refractivity contribution is 7.90. The predicted molar refractivity (Wildman–Crippen MR) is 93.5 cm³/mol. The Morgan fingerprint density at radius 1 is 1.20 bits per heavy atom. The van der Waals surface area contributed by atoms with Gasteiger partial charge in [0.1, 0.15) is 0 Å². The molecule has 1 amide bonds. The number of amides is 1. The van der Waals surface area contributed by atoms with Crippen molar-refractivity contribution in [3.05, 3.63) is 68.7 Å². The fourth-order valence-electron chi connectivity index (χ4n) is 2.16. The van der Waals surface area contributed by atoms with Gasteiger partial charge in [0.15, 0.2) is 9.84 Å². The molecular weight excluding hydrogens is 368 g/mol. The van der Waals surface area contributed by atoms with Crippen LogP contribution in [-0.4, -0.2) is 25.5 Å². The van der Waals surface area contributed by atoms with E-state index in [2.05, 4.69) is 5.32 Å². The standard InChI is InChI=1S/C16H15ClN2O5S/c1-10(11-3-6-13(7-4-11)25(2,23)24)18-16(20)14-8-5-12(19(21)22)9-15(14)17/h3-10H,1-2H3,(H,18,20). The van der Waals surface area contributed by atoms with Crippen molar-refractivity contribution in [1.29, 1.82) is 0 Å². The predicted octanol–water partition coefficient (Wildman–Crippen LogP) is 3.14. The summed E-state index contributed by atoms with van der Waals surface area (Å²) < 4.78 is 22.9. The first kappa shape index (κ1) is 18.9. The molecule has 0 aliphatic rings. The highest BCUT2D eigenvalue weighted by Crippen LogP contribution is 2.23. The molecule has 0 radical (unpaired) electrons. The van der Waals surface area contributed by atoms with Crippen molar-refractivity contribution in [3.63, 3.8) is 0 Å². The first-order valence-corrected chi connectivity index (χ1v) is 9.41. The zero-order valence-electron chi connectivity index (χ0n) is 13.4. The lowest BCUT2D eigenvalue weighted by Crippen LogP contribution is -2.26. The molecule has 2 aromatic carbocycles. The van der Waals surface area contributed by atoms with Crippen molar-refractivity contribution < 1.29 is 18.1 Å². The molecule has 0 aliphatic carbocycles. The number of hydrogen-bond acceptors (Lipinski definition) is 5. The maximum Gasteiger partial charge on any atom is 0.270 e. The molecule has 2 rings (SSSR count). The van der Waals surface area contributed by atoms with Crippen molar-refractivity contribution in [1.82, 2.24) is 5.32 Å². The number of carbonyl (C=O) groups excluding carboxylic acids is 1. The monoisotopic (exact) mass is 382 g/mol. The van der Waals surface area contributed by atoms with Gasteiger partial charge >= 0.3 is 0 Å². The fraction of sp³-hybridized carbons (Fsp3) is 0.188. The molecule has 0 heterocycles. The Balaban J connectivity index is 2.16. The van der Waals surface area contributed by atoms with E-state index in [-0.39, 0.29) is 21.2 Å². The van der Waals surface area contributed by atoms with E-state index in [4.69, 9.17) is 11.6 Å². The number of halogens is 1. The van der Waals surface area contributed by atoms with Gasteiger partial charge in [0.2, 0.25) is 0 Å². The molecule has 2 aromatic rings. The molecule has 7 nitrogen and oxygen atoms in total. The van der Waals surface area contributed by atoms with Crippen LogP contribution in [0.15, 0.2) is 47.4 Å². The second kappa shape index (κ2) is 7.20. The second-order valence-electron chi connectivity index (χ2n) is 5.46. The van der Waals surface area contributed by atoms with E-state index in [0.717, 1.165) is 12.3 Å². The number of nitro benzene ring substituents is 1. The maximum atomic E-state index is 12.3. The zero-order chi connectivity index (χ0) is 18.8. The van der Waals surface area contributed by atoms with E-state index in [1.165, 1.54) is 24.3 Å². The number of nitro groups is 1. The molecule has 1 atom stereocenters. The normalized spacial score (nSPS) is 12.4. The Labute approximate surface area is 149 Å². The number of sulfone groups is 1. The smallest absolute Gasteiger partial charge is 0.270 e. The average molecular weight is 383 g/mol. The number of nitrogens with one attached hydrogen (secondary N) is 1. The van der Waals surface area contributed by atoms with Gasteiger partial charge in [-0.2, -0.15) is 0 Å². The highest BCUT2D eigenvalue weighted by Gasteiger charge is 2.17. The molecule has 0 aliphatic heterocycles. The molecular formula is C16H15ClN2O5S. The van der Waals surface area contributed by atoms with Gasteiger partial charge in [-0.1, -0.05) is 23.7 Å². The van der Waals surface area contributed by atoms with Crippen LogP contribution in [0.5, 0.6) is 0 Å². The van der Waals surface area contributed by atoms with Crippen LogP contribution in [0.2, 0.25) is 5.02 Å². The molecule has 0 fully saturated rings. The molecule has 1 N–H and O–H groups in total. The van der Waals surface area contributed by atoms with E-state index >= 15 is 0 Å². The summed E-state index contributed by atoms with van der Waals surface area (Å²) >= 11 is 5.94. The summed E-state index contributed by atoms with van der Waals surface area (Å²) in [4.78, 5) is 22.6. The minimum Gasteiger partial charge on any atom is -0.345 e. The summed E-state index contributed by atoms with van der Waals surface area (Å²) in [7, 11) is -3.29. The minimum atomic E-state index is -3.29. The molecule has 0 saturated heterocycles. The van der Waals surface area contributed by atoms with E-state index in [9.17, 15) is 23.3 Å². The number of hydrogen-bond donors (Lipinski definition) is 1. The maximum absolute atomic E-state index is 12.3. The SMILES string of the molecule is CC(NC(=O)c1ccc([N+](=O)[O-])cc1Cl)c1ccc(S(C)(=O)=O)cc1. The summed E-state index contributed by atoms with van der Waals surface area (Å²) in [5.41, 5.74) is 0.622. The third-order valence-corrected chi connectivity index (χ3v) is 5.01. The van der Waals surface area contributed by atoms with Crippen molar-refractivity contribution in [2.24, 2.45) is 0 Å². The first-order chi connectivity index (χ1) is 11.6. The largest absolute Gasteiger partial charge is 0.345 e. The van der Waals surface area contributed by atoms with Gasteiger partial charge in [-0.25, -0.2) is 8.42 Å². The summed E-state index contributed by atoms with van der Waals surface area (Å²) in [6, 6.07) is 9.34. The lowest BCUT2D eigenvalue weighted by molar-refractivity contribution is -0.384. The molecule has 0 saturated carbocycles. The molecule has 1 unspecified atom stereocenters. The number of rotatable bonds is 5. The highest BCUT2D eigenvalue weighted by atomic mass is 35.5. The summed E-state index contributed by atoms with van der Waals surface area (Å²) in [5, 5.41) is 13.4. The number of nitrogens with zero attached hydrogens (tertiary/aromatic N) is 1. The Morgan fingerprint density at radius 2 is 1.80 bits per heavy atom. The van der Waals surface area contributed by atoms with Gasteiger partial charge in [0, 0.05) is 18.4 Å². The van der Waals surface area contributed by atoms with Crippen LogP contribution in [-0.2, 0) is 9.84 Å². The summed E-state index contributed by atoms with van der Waals surface area (Å²) in [6.07, 6.45) is 1.11. The van der Waals surface area contributed by atoms with Gasteiger partial charge in [-0.05, 0) is 30.7 Å². The Bertz CT molecular complexity index is 926. The van der Waals surface area contributed by atoms with E-state index in [0.29, 0.717) is 5.56 Å². The number of benzene rings is 2. The van der Waals surface area contributed by atoms with Crippen LogP contribution in [0.25, 0.3) is 0 Å². The third kappa shape index (κ3) is 4.55. The quantitative estimate of drug-likeness (QED) is 0.631. The summed E-state index contributed by atoms with van der Waals surface area (Å²) in [6.45, 7) is 1.73. The van der Waals surface area contributed by atoms with Crippen molar-refractivity contribution in [2.75, 3.05) is 6.26 Å². The summed E-state index contributed by atoms with van der Waals surface area (Å²) in [5.74, 6) is -0.486. The molecule has 0 aromatic heterocycles. The van der Waals surface area contributed by atoms with E-state index in [1.807, 2.05) is 0 Å². The number of non-ortho nitro benzene ring substituents is 1. The van der Waals surface area contributed by atoms with Crippen LogP contribution in [0.4, 0.5) is 5.69 Å². The Hall–Kier alpha value is -2.45. The molecule has 9 heteroatoms. The minimum absolute atomic E-state index is 0.0219. The fourth-order valence-corrected chi connectivity index (χ4v) is 3.05. The zero-order valence-corrected chi connectivity index (χ0v) is 15.0. The first-order valence-electron chi connectivity index (χ1n) is 7.14. The lowest BCUT2D eigenvalue weighted by atomic mass is 10.1. The third-order valence-electron chi connectivity index (χ3n) is 3.56. The molecule has 0 bridgehead atoms. The van der Waals surface area contributed by atoms with Crippen molar-refractivity contribution in [3.8, 4) is 0 Å². The van der Waals surface area contributed by atoms with Gasteiger partial charge in [0.05, 0.1) is 26.4 Å². The van der Waals surface area contributed by atoms with Crippen molar-refractivity contribution in [2.45, 2.75) is 17.9 Å². The molecule has 132 valence electrons. The van der Waals surface area contributed by atoms with Crippen LogP contribution in [0.1, 0.15) is 28.9 Å². The van der Waals surface area contributed by atoms with Crippen LogP contribution in [0, 0.1) is 10.1 Å². The molecule has 25 heavy (non-hydrogen) atoms. The average Bonchev–Trinajstić information content (AvgIpc) is 2.53. The van der Waals surface area contributed by atoms with Crippen LogP contribution >= 0.6 is 11.6 Å². The number of carbonyl (C=O) groups is 1. The lowest BCUT2D eigenvalue weighted by Gasteiger charge is -2.15. The van der Waals surface area contributed by atoms with Crippen LogP contribution < -0.4 is 5.32 Å². The van der Waals surface area contributed by atoms with Crippen molar-refractivity contribution >= 4 is 33.0 Å². The molecule has 0 spiro atoms. The van der Waals surface area contributed by atoms with Gasteiger partial charge in [-0.15, -0.1) is 0 Å². The van der Waals surface area contributed by atoms with Gasteiger partial charge < -0.3 is 5.32 Å².